The van der Waals surface area contributed by atoms with Crippen LogP contribution in [0.25, 0.3) is 0 Å². The Hall–Kier alpha value is -1.75. The van der Waals surface area contributed by atoms with Crippen molar-refractivity contribution in [3.63, 3.8) is 0 Å². The van der Waals surface area contributed by atoms with Gasteiger partial charge in [-0.15, -0.1) is 24.0 Å². The first-order valence-corrected chi connectivity index (χ1v) is 10.0. The Kier molecular flexibility index (Phi) is 11.2. The lowest BCUT2D eigenvalue weighted by atomic mass is 10.2. The summed E-state index contributed by atoms with van der Waals surface area (Å²) in [6, 6.07) is 7.86. The van der Waals surface area contributed by atoms with Crippen molar-refractivity contribution in [3.05, 3.63) is 29.8 Å². The summed E-state index contributed by atoms with van der Waals surface area (Å²) in [4.78, 5) is 20.4. The van der Waals surface area contributed by atoms with E-state index in [2.05, 4.69) is 4.99 Å². The minimum atomic E-state index is -0.489. The topological polar surface area (TPSA) is 89.6 Å². The third-order valence-corrected chi connectivity index (χ3v) is 4.34. The van der Waals surface area contributed by atoms with E-state index in [9.17, 15) is 4.79 Å². The molecular formula is C21H35IN4O4. The van der Waals surface area contributed by atoms with Crippen molar-refractivity contribution >= 4 is 36.0 Å². The average molecular weight is 534 g/mol. The number of carbonyl (C=O) groups is 1. The monoisotopic (exact) mass is 534 g/mol. The first-order valence-electron chi connectivity index (χ1n) is 10.0. The van der Waals surface area contributed by atoms with Gasteiger partial charge in [0, 0.05) is 46.3 Å². The molecule has 8 nitrogen and oxygen atoms in total. The van der Waals surface area contributed by atoms with E-state index in [1.54, 1.807) is 12.0 Å². The SMILES string of the molecule is COCCCOc1cccc(CN=C(N)N2CCN(C(=O)OC(C)(C)C)CC2)c1.I. The van der Waals surface area contributed by atoms with Crippen LogP contribution in [0.5, 0.6) is 5.75 Å². The molecule has 1 aromatic carbocycles. The molecule has 9 heteroatoms. The molecule has 2 rings (SSSR count). The van der Waals surface area contributed by atoms with Gasteiger partial charge in [0.25, 0.3) is 0 Å². The second-order valence-corrected chi connectivity index (χ2v) is 7.97. The number of hydrogen-bond donors (Lipinski definition) is 1. The number of hydrogen-bond acceptors (Lipinski definition) is 5. The second-order valence-electron chi connectivity index (χ2n) is 7.97. The van der Waals surface area contributed by atoms with Gasteiger partial charge in [-0.3, -0.25) is 0 Å². The molecule has 1 amide bonds. The fraction of sp³-hybridized carbons (Fsp3) is 0.619. The van der Waals surface area contributed by atoms with Crippen LogP contribution >= 0.6 is 24.0 Å². The molecule has 1 saturated heterocycles. The van der Waals surface area contributed by atoms with E-state index in [-0.39, 0.29) is 30.1 Å². The Morgan fingerprint density at radius 2 is 1.80 bits per heavy atom. The van der Waals surface area contributed by atoms with E-state index < -0.39 is 5.60 Å². The predicted molar refractivity (Wildman–Crippen MR) is 129 cm³/mol. The number of nitrogens with zero attached hydrogens (tertiary/aromatic N) is 3. The largest absolute Gasteiger partial charge is 0.493 e. The molecule has 0 radical (unpaired) electrons. The molecule has 0 bridgehead atoms. The summed E-state index contributed by atoms with van der Waals surface area (Å²) in [5.41, 5.74) is 6.71. The number of halogens is 1. The maximum atomic E-state index is 12.1. The standard InChI is InChI=1S/C21H34N4O4.HI/c1-21(2,3)29-20(26)25-11-9-24(10-12-25)19(22)23-16-17-7-5-8-18(15-17)28-14-6-13-27-4;/h5,7-8,15H,6,9-14,16H2,1-4H3,(H2,22,23);1H. The van der Waals surface area contributed by atoms with Crippen molar-refractivity contribution in [2.45, 2.75) is 39.3 Å². The number of benzene rings is 1. The van der Waals surface area contributed by atoms with Gasteiger partial charge in [-0.05, 0) is 38.5 Å². The average Bonchev–Trinajstić information content (AvgIpc) is 2.68. The minimum absolute atomic E-state index is 0. The van der Waals surface area contributed by atoms with E-state index in [0.29, 0.717) is 51.9 Å². The van der Waals surface area contributed by atoms with Crippen LogP contribution in [0.1, 0.15) is 32.8 Å². The number of guanidine groups is 1. The summed E-state index contributed by atoms with van der Waals surface area (Å²) in [5.74, 6) is 1.30. The number of amides is 1. The van der Waals surface area contributed by atoms with E-state index >= 15 is 0 Å². The highest BCUT2D eigenvalue weighted by atomic mass is 127. The molecule has 1 aliphatic heterocycles. The number of methoxy groups -OCH3 is 1. The molecule has 1 aliphatic rings. The lowest BCUT2D eigenvalue weighted by molar-refractivity contribution is 0.0186. The zero-order valence-corrected chi connectivity index (χ0v) is 20.8. The first kappa shape index (κ1) is 26.3. The van der Waals surface area contributed by atoms with Gasteiger partial charge in [0.1, 0.15) is 11.4 Å². The van der Waals surface area contributed by atoms with Gasteiger partial charge in [0.05, 0.1) is 13.2 Å². The van der Waals surface area contributed by atoms with Crippen molar-refractivity contribution in [1.82, 2.24) is 9.80 Å². The van der Waals surface area contributed by atoms with Crippen LogP contribution in [0.15, 0.2) is 29.3 Å². The Morgan fingerprint density at radius 3 is 2.43 bits per heavy atom. The molecule has 1 fully saturated rings. The van der Waals surface area contributed by atoms with Crippen LogP contribution < -0.4 is 10.5 Å². The van der Waals surface area contributed by atoms with Crippen LogP contribution in [-0.4, -0.2) is 74.0 Å². The maximum absolute atomic E-state index is 12.1. The van der Waals surface area contributed by atoms with E-state index in [1.165, 1.54) is 0 Å². The zero-order chi connectivity index (χ0) is 21.3. The first-order chi connectivity index (χ1) is 13.8. The van der Waals surface area contributed by atoms with Crippen LogP contribution in [-0.2, 0) is 16.0 Å². The van der Waals surface area contributed by atoms with Crippen molar-refractivity contribution in [2.75, 3.05) is 46.5 Å². The molecule has 30 heavy (non-hydrogen) atoms. The number of rotatable bonds is 7. The van der Waals surface area contributed by atoms with Crippen molar-refractivity contribution < 1.29 is 19.0 Å². The van der Waals surface area contributed by atoms with Crippen molar-refractivity contribution in [1.29, 1.82) is 0 Å². The van der Waals surface area contributed by atoms with Gasteiger partial charge in [-0.2, -0.15) is 0 Å². The Morgan fingerprint density at radius 1 is 1.13 bits per heavy atom. The second kappa shape index (κ2) is 12.8. The van der Waals surface area contributed by atoms with Gasteiger partial charge >= 0.3 is 6.09 Å². The van der Waals surface area contributed by atoms with Gasteiger partial charge in [0.15, 0.2) is 5.96 Å². The summed E-state index contributed by atoms with van der Waals surface area (Å²) in [6.45, 7) is 9.78. The fourth-order valence-electron chi connectivity index (χ4n) is 2.84. The third-order valence-electron chi connectivity index (χ3n) is 4.34. The zero-order valence-electron chi connectivity index (χ0n) is 18.4. The molecule has 0 saturated carbocycles. The third kappa shape index (κ3) is 9.38. The molecule has 170 valence electrons. The number of piperazine rings is 1. The Bertz CT molecular complexity index is 686. The highest BCUT2D eigenvalue weighted by Crippen LogP contribution is 2.15. The lowest BCUT2D eigenvalue weighted by Gasteiger charge is -2.36. The van der Waals surface area contributed by atoms with E-state index in [4.69, 9.17) is 19.9 Å². The van der Waals surface area contributed by atoms with Crippen LogP contribution in [0, 0.1) is 0 Å². The number of ether oxygens (including phenoxy) is 3. The van der Waals surface area contributed by atoms with Crippen molar-refractivity contribution in [2.24, 2.45) is 10.7 Å². The highest BCUT2D eigenvalue weighted by molar-refractivity contribution is 14.0. The number of aliphatic imine (C=N–C) groups is 1. The summed E-state index contributed by atoms with van der Waals surface area (Å²) in [7, 11) is 1.68. The van der Waals surface area contributed by atoms with Crippen LogP contribution in [0.4, 0.5) is 4.79 Å². The van der Waals surface area contributed by atoms with Crippen molar-refractivity contribution in [3.8, 4) is 5.75 Å². The molecule has 0 spiro atoms. The van der Waals surface area contributed by atoms with Crippen LogP contribution in [0.2, 0.25) is 0 Å². The fourth-order valence-corrected chi connectivity index (χ4v) is 2.84. The molecule has 0 atom stereocenters. The molecule has 1 aromatic rings. The molecular weight excluding hydrogens is 499 g/mol. The molecule has 0 aromatic heterocycles. The van der Waals surface area contributed by atoms with Gasteiger partial charge in [0.2, 0.25) is 0 Å². The lowest BCUT2D eigenvalue weighted by Crippen LogP contribution is -2.53. The smallest absolute Gasteiger partial charge is 0.410 e. The number of carbonyl (C=O) groups excluding carboxylic acids is 1. The van der Waals surface area contributed by atoms with Gasteiger partial charge < -0.3 is 29.7 Å². The predicted octanol–water partition coefficient (Wildman–Crippen LogP) is 3.09. The molecule has 0 unspecified atom stereocenters. The minimum Gasteiger partial charge on any atom is -0.493 e. The molecule has 1 heterocycles. The quantitative estimate of drug-likeness (QED) is 0.250. The summed E-state index contributed by atoms with van der Waals surface area (Å²) in [5, 5.41) is 0. The normalized spacial score (nSPS) is 14.9. The summed E-state index contributed by atoms with van der Waals surface area (Å²) < 4.78 is 16.2. The van der Waals surface area contributed by atoms with E-state index in [1.807, 2.05) is 49.9 Å². The molecule has 0 aliphatic carbocycles. The highest BCUT2D eigenvalue weighted by Gasteiger charge is 2.26. The Balaban J connectivity index is 0.00000450. The van der Waals surface area contributed by atoms with Crippen LogP contribution in [0.3, 0.4) is 0 Å². The molecule has 2 N–H and O–H groups in total. The summed E-state index contributed by atoms with van der Waals surface area (Å²) >= 11 is 0. The van der Waals surface area contributed by atoms with E-state index in [0.717, 1.165) is 17.7 Å². The Labute approximate surface area is 196 Å². The summed E-state index contributed by atoms with van der Waals surface area (Å²) in [6.07, 6.45) is 0.566. The number of nitrogens with two attached hydrogens (primary N) is 1. The van der Waals surface area contributed by atoms with Gasteiger partial charge in [-0.25, -0.2) is 9.79 Å². The maximum Gasteiger partial charge on any atom is 0.410 e. The van der Waals surface area contributed by atoms with Gasteiger partial charge in [-0.1, -0.05) is 12.1 Å².